The van der Waals surface area contributed by atoms with Crippen LogP contribution in [0.4, 0.5) is 8.78 Å². The van der Waals surface area contributed by atoms with Crippen molar-refractivity contribution in [2.24, 2.45) is 0 Å². The first-order valence-electron chi connectivity index (χ1n) is 4.73. The molecule has 2 rings (SSSR count). The summed E-state index contributed by atoms with van der Waals surface area (Å²) < 4.78 is 26.0. The van der Waals surface area contributed by atoms with E-state index in [-0.39, 0.29) is 5.56 Å². The number of carbonyl (C=O) groups is 1. The average Bonchev–Trinajstić information content (AvgIpc) is 2.29. The molecule has 0 saturated carbocycles. The number of rotatable bonds is 2. The molecular formula is C13H8F2O. The number of hydrogen-bond acceptors (Lipinski definition) is 1. The van der Waals surface area contributed by atoms with E-state index in [1.165, 1.54) is 0 Å². The fourth-order valence-corrected chi connectivity index (χ4v) is 1.42. The van der Waals surface area contributed by atoms with Crippen LogP contribution in [-0.2, 0) is 0 Å². The average molecular weight is 218 g/mol. The summed E-state index contributed by atoms with van der Waals surface area (Å²) in [6.07, 6.45) is 0. The van der Waals surface area contributed by atoms with Gasteiger partial charge in [0.1, 0.15) is 11.6 Å². The molecule has 3 heteroatoms. The van der Waals surface area contributed by atoms with Gasteiger partial charge in [-0.05, 0) is 12.1 Å². The summed E-state index contributed by atoms with van der Waals surface area (Å²) in [7, 11) is 0. The highest BCUT2D eigenvalue weighted by Gasteiger charge is 2.13. The van der Waals surface area contributed by atoms with Crippen LogP contribution in [0.5, 0.6) is 0 Å². The van der Waals surface area contributed by atoms with Gasteiger partial charge in [0.2, 0.25) is 0 Å². The third kappa shape index (κ3) is 1.98. The third-order valence-electron chi connectivity index (χ3n) is 2.21. The zero-order chi connectivity index (χ0) is 11.5. The fraction of sp³-hybridized carbons (Fsp3) is 0. The van der Waals surface area contributed by atoms with Crippen LogP contribution in [0.2, 0.25) is 0 Å². The molecule has 0 radical (unpaired) electrons. The highest BCUT2D eigenvalue weighted by molar-refractivity contribution is 6.09. The van der Waals surface area contributed by atoms with E-state index in [0.29, 0.717) is 11.6 Å². The van der Waals surface area contributed by atoms with Crippen molar-refractivity contribution in [1.29, 1.82) is 0 Å². The molecule has 2 aromatic carbocycles. The maximum atomic E-state index is 13.3. The van der Waals surface area contributed by atoms with E-state index in [1.54, 1.807) is 30.3 Å². The summed E-state index contributed by atoms with van der Waals surface area (Å²) >= 11 is 0. The lowest BCUT2D eigenvalue weighted by Crippen LogP contribution is -2.04. The summed E-state index contributed by atoms with van der Waals surface area (Å²) in [6, 6.07) is 11.2. The van der Waals surface area contributed by atoms with Gasteiger partial charge in [-0.1, -0.05) is 30.3 Å². The Kier molecular flexibility index (Phi) is 2.77. The van der Waals surface area contributed by atoms with Crippen LogP contribution in [-0.4, -0.2) is 5.78 Å². The van der Waals surface area contributed by atoms with Crippen molar-refractivity contribution in [2.75, 3.05) is 0 Å². The molecule has 2 aromatic rings. The largest absolute Gasteiger partial charge is 0.288 e. The number of ketones is 1. The van der Waals surface area contributed by atoms with E-state index in [2.05, 4.69) is 0 Å². The summed E-state index contributed by atoms with van der Waals surface area (Å²) in [6.45, 7) is 0. The third-order valence-corrected chi connectivity index (χ3v) is 2.21. The molecule has 0 saturated heterocycles. The molecule has 0 bridgehead atoms. The van der Waals surface area contributed by atoms with Gasteiger partial charge in [0.15, 0.2) is 5.78 Å². The molecule has 16 heavy (non-hydrogen) atoms. The maximum Gasteiger partial charge on any atom is 0.195 e. The minimum Gasteiger partial charge on any atom is -0.288 e. The first-order valence-corrected chi connectivity index (χ1v) is 4.73. The zero-order valence-corrected chi connectivity index (χ0v) is 8.28. The highest BCUT2D eigenvalue weighted by atomic mass is 19.1. The number of benzene rings is 2. The quantitative estimate of drug-likeness (QED) is 0.707. The van der Waals surface area contributed by atoms with Crippen LogP contribution in [0, 0.1) is 11.6 Å². The van der Waals surface area contributed by atoms with Crippen molar-refractivity contribution in [1.82, 2.24) is 0 Å². The molecule has 0 atom stereocenters. The van der Waals surface area contributed by atoms with E-state index >= 15 is 0 Å². The van der Waals surface area contributed by atoms with Crippen LogP contribution in [0.25, 0.3) is 0 Å². The van der Waals surface area contributed by atoms with Gasteiger partial charge in [0.25, 0.3) is 0 Å². The molecule has 0 amide bonds. The van der Waals surface area contributed by atoms with E-state index in [1.807, 2.05) is 0 Å². The SMILES string of the molecule is O=C(c1ccccc1)c1ccc(F)cc1F. The molecular weight excluding hydrogens is 210 g/mol. The Balaban J connectivity index is 2.42. The van der Waals surface area contributed by atoms with Crippen molar-refractivity contribution in [3.63, 3.8) is 0 Å². The van der Waals surface area contributed by atoms with Gasteiger partial charge in [-0.3, -0.25) is 4.79 Å². The van der Waals surface area contributed by atoms with Gasteiger partial charge in [0.05, 0.1) is 5.56 Å². The molecule has 0 unspecified atom stereocenters. The topological polar surface area (TPSA) is 17.1 Å². The van der Waals surface area contributed by atoms with Crippen molar-refractivity contribution in [3.8, 4) is 0 Å². The van der Waals surface area contributed by atoms with Gasteiger partial charge < -0.3 is 0 Å². The molecule has 0 fully saturated rings. The maximum absolute atomic E-state index is 13.3. The smallest absolute Gasteiger partial charge is 0.195 e. The highest BCUT2D eigenvalue weighted by Crippen LogP contribution is 2.14. The molecule has 0 aliphatic heterocycles. The number of hydrogen-bond donors (Lipinski definition) is 0. The zero-order valence-electron chi connectivity index (χ0n) is 8.28. The lowest BCUT2D eigenvalue weighted by molar-refractivity contribution is 0.103. The molecule has 80 valence electrons. The van der Waals surface area contributed by atoms with Crippen LogP contribution in [0.1, 0.15) is 15.9 Å². The number of halogens is 2. The molecule has 0 heterocycles. The summed E-state index contributed by atoms with van der Waals surface area (Å²) in [5.74, 6) is -1.98. The molecule has 0 aliphatic rings. The lowest BCUT2D eigenvalue weighted by atomic mass is 10.0. The van der Waals surface area contributed by atoms with Gasteiger partial charge in [-0.2, -0.15) is 0 Å². The van der Waals surface area contributed by atoms with E-state index in [4.69, 9.17) is 0 Å². The second-order valence-corrected chi connectivity index (χ2v) is 3.32. The Bertz CT molecular complexity index is 521. The Morgan fingerprint density at radius 1 is 0.938 bits per heavy atom. The van der Waals surface area contributed by atoms with Gasteiger partial charge in [-0.15, -0.1) is 0 Å². The molecule has 0 aromatic heterocycles. The number of carbonyl (C=O) groups excluding carboxylic acids is 1. The predicted molar refractivity (Wildman–Crippen MR) is 56.2 cm³/mol. The normalized spacial score (nSPS) is 10.1. The summed E-state index contributed by atoms with van der Waals surface area (Å²) in [4.78, 5) is 11.8. The minimum absolute atomic E-state index is 0.118. The fourth-order valence-electron chi connectivity index (χ4n) is 1.42. The minimum atomic E-state index is -0.839. The van der Waals surface area contributed by atoms with Crippen LogP contribution >= 0.6 is 0 Å². The lowest BCUT2D eigenvalue weighted by Gasteiger charge is -2.02. The van der Waals surface area contributed by atoms with Crippen LogP contribution in [0.15, 0.2) is 48.5 Å². The molecule has 0 spiro atoms. The van der Waals surface area contributed by atoms with Crippen LogP contribution < -0.4 is 0 Å². The first kappa shape index (κ1) is 10.5. The Labute approximate surface area is 91.3 Å². The Morgan fingerprint density at radius 3 is 2.25 bits per heavy atom. The van der Waals surface area contributed by atoms with Crippen molar-refractivity contribution in [2.45, 2.75) is 0 Å². The van der Waals surface area contributed by atoms with Gasteiger partial charge >= 0.3 is 0 Å². The Morgan fingerprint density at radius 2 is 1.62 bits per heavy atom. The van der Waals surface area contributed by atoms with Crippen molar-refractivity contribution in [3.05, 3.63) is 71.3 Å². The first-order chi connectivity index (χ1) is 7.68. The second-order valence-electron chi connectivity index (χ2n) is 3.32. The second kappa shape index (κ2) is 4.23. The van der Waals surface area contributed by atoms with E-state index < -0.39 is 17.4 Å². The molecule has 0 aliphatic carbocycles. The monoisotopic (exact) mass is 218 g/mol. The molecule has 0 N–H and O–H groups in total. The van der Waals surface area contributed by atoms with Crippen molar-refractivity contribution < 1.29 is 13.6 Å². The Hall–Kier alpha value is -2.03. The van der Waals surface area contributed by atoms with Crippen molar-refractivity contribution >= 4 is 5.78 Å². The van der Waals surface area contributed by atoms with E-state index in [0.717, 1.165) is 12.1 Å². The van der Waals surface area contributed by atoms with E-state index in [9.17, 15) is 13.6 Å². The summed E-state index contributed by atoms with van der Waals surface area (Å²) in [5.41, 5.74) is 0.264. The predicted octanol–water partition coefficient (Wildman–Crippen LogP) is 3.20. The molecule has 1 nitrogen and oxygen atoms in total. The standard InChI is InChI=1S/C13H8F2O/c14-10-6-7-11(12(15)8-10)13(16)9-4-2-1-3-5-9/h1-8H. The van der Waals surface area contributed by atoms with Gasteiger partial charge in [-0.25, -0.2) is 8.78 Å². The van der Waals surface area contributed by atoms with Crippen LogP contribution in [0.3, 0.4) is 0 Å². The van der Waals surface area contributed by atoms with Gasteiger partial charge in [0, 0.05) is 11.6 Å². The summed E-state index contributed by atoms with van der Waals surface area (Å²) in [5, 5.41) is 0.